The Labute approximate surface area is 131 Å². The van der Waals surface area contributed by atoms with Gasteiger partial charge in [0.15, 0.2) is 11.6 Å². The fraction of sp³-hybridized carbons (Fsp3) is 0. The molecule has 0 saturated carbocycles. The van der Waals surface area contributed by atoms with Crippen molar-refractivity contribution in [2.24, 2.45) is 0 Å². The fourth-order valence-corrected chi connectivity index (χ4v) is 2.50. The van der Waals surface area contributed by atoms with Crippen molar-refractivity contribution in [2.45, 2.75) is 0 Å². The van der Waals surface area contributed by atoms with Gasteiger partial charge in [0.05, 0.1) is 10.6 Å². The Morgan fingerprint density at radius 3 is 2.67 bits per heavy atom. The SMILES string of the molecule is O=C(c1cccc(I)c1)c1ccc(Br)c(Cl)c1F. The van der Waals surface area contributed by atoms with Crippen LogP contribution in [0.5, 0.6) is 0 Å². The molecule has 0 unspecified atom stereocenters. The summed E-state index contributed by atoms with van der Waals surface area (Å²) in [6.45, 7) is 0. The molecule has 0 bridgehead atoms. The zero-order chi connectivity index (χ0) is 13.3. The second-order valence-electron chi connectivity index (χ2n) is 3.56. The Hall–Kier alpha value is -0.460. The van der Waals surface area contributed by atoms with Gasteiger partial charge in [0.25, 0.3) is 0 Å². The molecule has 0 spiro atoms. The summed E-state index contributed by atoms with van der Waals surface area (Å²) in [5, 5.41) is -0.0773. The number of hydrogen-bond donors (Lipinski definition) is 0. The number of carbonyl (C=O) groups excluding carboxylic acids is 1. The summed E-state index contributed by atoms with van der Waals surface area (Å²) in [6, 6.07) is 9.97. The third-order valence-electron chi connectivity index (χ3n) is 2.37. The van der Waals surface area contributed by atoms with E-state index in [-0.39, 0.29) is 16.4 Å². The first kappa shape index (κ1) is 14.0. The van der Waals surface area contributed by atoms with Crippen LogP contribution < -0.4 is 0 Å². The van der Waals surface area contributed by atoms with Crippen LogP contribution in [0.2, 0.25) is 5.02 Å². The molecule has 5 heteroatoms. The minimum atomic E-state index is -0.699. The van der Waals surface area contributed by atoms with E-state index >= 15 is 0 Å². The molecular weight excluding hydrogens is 433 g/mol. The van der Waals surface area contributed by atoms with Gasteiger partial charge in [-0.05, 0) is 62.8 Å². The van der Waals surface area contributed by atoms with E-state index in [1.54, 1.807) is 24.3 Å². The molecule has 1 nitrogen and oxygen atoms in total. The zero-order valence-electron chi connectivity index (χ0n) is 8.88. The van der Waals surface area contributed by atoms with Crippen LogP contribution in [0.15, 0.2) is 40.9 Å². The van der Waals surface area contributed by atoms with E-state index in [0.29, 0.717) is 10.0 Å². The largest absolute Gasteiger partial charge is 0.288 e. The molecular formula is C13H6BrClFIO. The van der Waals surface area contributed by atoms with Crippen LogP contribution in [0.1, 0.15) is 15.9 Å². The maximum absolute atomic E-state index is 13.9. The van der Waals surface area contributed by atoms with E-state index in [9.17, 15) is 9.18 Å². The molecule has 92 valence electrons. The Bertz CT molecular complexity index is 630. The molecule has 0 fully saturated rings. The highest BCUT2D eigenvalue weighted by Gasteiger charge is 2.17. The molecule has 0 aliphatic carbocycles. The number of hydrogen-bond acceptors (Lipinski definition) is 1. The van der Waals surface area contributed by atoms with Gasteiger partial charge in [-0.15, -0.1) is 0 Å². The van der Waals surface area contributed by atoms with Gasteiger partial charge in [-0.25, -0.2) is 4.39 Å². The quantitative estimate of drug-likeness (QED) is 0.363. The maximum atomic E-state index is 13.9. The first-order valence-electron chi connectivity index (χ1n) is 4.94. The Balaban J connectivity index is 2.50. The van der Waals surface area contributed by atoms with Crippen LogP contribution >= 0.6 is 50.1 Å². The van der Waals surface area contributed by atoms with Crippen molar-refractivity contribution in [1.29, 1.82) is 0 Å². The minimum Gasteiger partial charge on any atom is -0.288 e. The van der Waals surface area contributed by atoms with Crippen LogP contribution in [-0.4, -0.2) is 5.78 Å². The molecule has 18 heavy (non-hydrogen) atoms. The third-order valence-corrected chi connectivity index (χ3v) is 4.30. The lowest BCUT2D eigenvalue weighted by molar-refractivity contribution is 0.103. The number of benzene rings is 2. The summed E-state index contributed by atoms with van der Waals surface area (Å²) in [5.41, 5.74) is 0.421. The summed E-state index contributed by atoms with van der Waals surface area (Å²) in [6.07, 6.45) is 0. The lowest BCUT2D eigenvalue weighted by Crippen LogP contribution is -2.05. The minimum absolute atomic E-state index is 0.0230. The van der Waals surface area contributed by atoms with Crippen molar-refractivity contribution in [1.82, 2.24) is 0 Å². The zero-order valence-corrected chi connectivity index (χ0v) is 13.4. The van der Waals surface area contributed by atoms with E-state index < -0.39 is 5.82 Å². The topological polar surface area (TPSA) is 17.1 Å². The summed E-state index contributed by atoms with van der Waals surface area (Å²) >= 11 is 11.0. The molecule has 2 rings (SSSR count). The molecule has 0 heterocycles. The van der Waals surface area contributed by atoms with E-state index in [0.717, 1.165) is 3.57 Å². The molecule has 0 aliphatic heterocycles. The average molecular weight is 439 g/mol. The van der Waals surface area contributed by atoms with Crippen LogP contribution in [0.3, 0.4) is 0 Å². The van der Waals surface area contributed by atoms with Crippen LogP contribution in [0.4, 0.5) is 4.39 Å². The van der Waals surface area contributed by atoms with Crippen molar-refractivity contribution in [3.8, 4) is 0 Å². The Morgan fingerprint density at radius 2 is 2.00 bits per heavy atom. The molecule has 0 atom stereocenters. The first-order valence-corrected chi connectivity index (χ1v) is 7.19. The van der Waals surface area contributed by atoms with Gasteiger partial charge in [-0.1, -0.05) is 23.7 Å². The molecule has 0 radical (unpaired) electrons. The molecule has 0 N–H and O–H groups in total. The van der Waals surface area contributed by atoms with Crippen molar-refractivity contribution in [2.75, 3.05) is 0 Å². The summed E-state index contributed by atoms with van der Waals surface area (Å²) in [7, 11) is 0. The molecule has 2 aromatic carbocycles. The van der Waals surface area contributed by atoms with Crippen molar-refractivity contribution < 1.29 is 9.18 Å². The molecule has 0 aromatic heterocycles. The van der Waals surface area contributed by atoms with Crippen LogP contribution in [-0.2, 0) is 0 Å². The predicted octanol–water partition coefficient (Wildman–Crippen LogP) is 5.08. The molecule has 0 amide bonds. The average Bonchev–Trinajstić information content (AvgIpc) is 2.35. The molecule has 2 aromatic rings. The summed E-state index contributed by atoms with van der Waals surface area (Å²) in [4.78, 5) is 12.2. The summed E-state index contributed by atoms with van der Waals surface area (Å²) < 4.78 is 15.3. The second kappa shape index (κ2) is 5.67. The number of rotatable bonds is 2. The van der Waals surface area contributed by atoms with Crippen molar-refractivity contribution in [3.05, 3.63) is 66.4 Å². The van der Waals surface area contributed by atoms with Gasteiger partial charge >= 0.3 is 0 Å². The highest BCUT2D eigenvalue weighted by molar-refractivity contribution is 14.1. The number of halogens is 4. The third kappa shape index (κ3) is 2.75. The van der Waals surface area contributed by atoms with Gasteiger partial charge < -0.3 is 0 Å². The van der Waals surface area contributed by atoms with Crippen LogP contribution in [0.25, 0.3) is 0 Å². The monoisotopic (exact) mass is 438 g/mol. The smallest absolute Gasteiger partial charge is 0.196 e. The number of carbonyl (C=O) groups is 1. The van der Waals surface area contributed by atoms with Gasteiger partial charge in [0, 0.05) is 13.6 Å². The molecule has 0 saturated heterocycles. The summed E-state index contributed by atoms with van der Waals surface area (Å²) in [5.74, 6) is -1.07. The highest BCUT2D eigenvalue weighted by atomic mass is 127. The van der Waals surface area contributed by atoms with Crippen molar-refractivity contribution in [3.63, 3.8) is 0 Å². The van der Waals surface area contributed by atoms with Crippen molar-refractivity contribution >= 4 is 55.9 Å². The highest BCUT2D eigenvalue weighted by Crippen LogP contribution is 2.28. The maximum Gasteiger partial charge on any atom is 0.196 e. The van der Waals surface area contributed by atoms with Crippen LogP contribution in [0, 0.1) is 9.39 Å². The van der Waals surface area contributed by atoms with Gasteiger partial charge in [-0.3, -0.25) is 4.79 Å². The lowest BCUT2D eigenvalue weighted by Gasteiger charge is -2.06. The predicted molar refractivity (Wildman–Crippen MR) is 81.7 cm³/mol. The Morgan fingerprint density at radius 1 is 1.28 bits per heavy atom. The standard InChI is InChI=1S/C13H6BrClFIO/c14-10-5-4-9(12(16)11(10)15)13(18)7-2-1-3-8(17)6-7/h1-6H. The fourth-order valence-electron chi connectivity index (χ4n) is 1.49. The molecule has 0 aliphatic rings. The normalized spacial score (nSPS) is 10.4. The second-order valence-corrected chi connectivity index (χ2v) is 6.04. The van der Waals surface area contributed by atoms with E-state index in [2.05, 4.69) is 38.5 Å². The first-order chi connectivity index (χ1) is 8.50. The number of ketones is 1. The van der Waals surface area contributed by atoms with E-state index in [4.69, 9.17) is 11.6 Å². The van der Waals surface area contributed by atoms with E-state index in [1.165, 1.54) is 6.07 Å². The Kier molecular flexibility index (Phi) is 4.40. The van der Waals surface area contributed by atoms with Gasteiger partial charge in [0.1, 0.15) is 0 Å². The van der Waals surface area contributed by atoms with Gasteiger partial charge in [0.2, 0.25) is 0 Å². The van der Waals surface area contributed by atoms with Gasteiger partial charge in [-0.2, -0.15) is 0 Å². The lowest BCUT2D eigenvalue weighted by atomic mass is 10.0. The van der Waals surface area contributed by atoms with E-state index in [1.807, 2.05) is 6.07 Å².